The van der Waals surface area contributed by atoms with Crippen LogP contribution in [0.15, 0.2) is 36.4 Å². The summed E-state index contributed by atoms with van der Waals surface area (Å²) in [4.78, 5) is 12.3. The molecule has 1 unspecified atom stereocenters. The molecule has 0 aliphatic rings. The smallest absolute Gasteiger partial charge is 0.253 e. The van der Waals surface area contributed by atoms with E-state index in [1.54, 1.807) is 0 Å². The number of fused-ring (bicyclic) bond motifs is 1. The van der Waals surface area contributed by atoms with Crippen molar-refractivity contribution in [2.75, 3.05) is 18.9 Å². The number of rotatable bonds is 6. The standard InChI is InChI=1S/C17H22N2O2/c1-2-12(7-8-20)11-19-17(21)15-9-13-5-3-4-6-14(13)10-16(15)18/h3-6,9-10,12,20H,2,7-8,11,18H2,1H3,(H,19,21). The van der Waals surface area contributed by atoms with Crippen LogP contribution in [0.4, 0.5) is 5.69 Å². The van der Waals surface area contributed by atoms with E-state index >= 15 is 0 Å². The number of aliphatic hydroxyl groups excluding tert-OH is 1. The molecule has 1 amide bonds. The normalized spacial score (nSPS) is 12.3. The molecular formula is C17H22N2O2. The van der Waals surface area contributed by atoms with Gasteiger partial charge < -0.3 is 16.2 Å². The van der Waals surface area contributed by atoms with E-state index in [0.717, 1.165) is 17.2 Å². The molecule has 2 aromatic carbocycles. The number of nitrogens with one attached hydrogen (secondary N) is 1. The number of nitrogen functional groups attached to an aromatic ring is 1. The number of hydrogen-bond donors (Lipinski definition) is 3. The van der Waals surface area contributed by atoms with Crippen LogP contribution in [0.2, 0.25) is 0 Å². The summed E-state index contributed by atoms with van der Waals surface area (Å²) in [5.74, 6) is 0.135. The summed E-state index contributed by atoms with van der Waals surface area (Å²) >= 11 is 0. The Morgan fingerprint density at radius 2 is 1.95 bits per heavy atom. The highest BCUT2D eigenvalue weighted by atomic mass is 16.3. The highest BCUT2D eigenvalue weighted by Gasteiger charge is 2.13. The maximum absolute atomic E-state index is 12.3. The second kappa shape index (κ2) is 7.09. The Labute approximate surface area is 125 Å². The van der Waals surface area contributed by atoms with Crippen LogP contribution >= 0.6 is 0 Å². The predicted octanol–water partition coefficient (Wildman–Crippen LogP) is 2.56. The zero-order chi connectivity index (χ0) is 15.2. The maximum Gasteiger partial charge on any atom is 0.253 e. The highest BCUT2D eigenvalue weighted by Crippen LogP contribution is 2.22. The van der Waals surface area contributed by atoms with Crippen LogP contribution in [0, 0.1) is 5.92 Å². The molecule has 0 spiro atoms. The van der Waals surface area contributed by atoms with Crippen molar-refractivity contribution in [1.29, 1.82) is 0 Å². The molecule has 4 nitrogen and oxygen atoms in total. The van der Waals surface area contributed by atoms with Crippen LogP contribution in [0.5, 0.6) is 0 Å². The summed E-state index contributed by atoms with van der Waals surface area (Å²) in [6.45, 7) is 2.76. The minimum atomic E-state index is -0.158. The Kier molecular flexibility index (Phi) is 5.17. The molecular weight excluding hydrogens is 264 g/mol. The molecule has 0 fully saturated rings. The molecule has 0 aliphatic heterocycles. The summed E-state index contributed by atoms with van der Waals surface area (Å²) in [6, 6.07) is 11.5. The first-order valence-electron chi connectivity index (χ1n) is 7.33. The van der Waals surface area contributed by atoms with Gasteiger partial charge in [-0.05, 0) is 35.2 Å². The molecule has 112 valence electrons. The summed E-state index contributed by atoms with van der Waals surface area (Å²) in [5.41, 5.74) is 6.98. The lowest BCUT2D eigenvalue weighted by Crippen LogP contribution is -2.30. The van der Waals surface area contributed by atoms with Crippen LogP contribution < -0.4 is 11.1 Å². The predicted molar refractivity (Wildman–Crippen MR) is 86.2 cm³/mol. The number of nitrogens with two attached hydrogens (primary N) is 1. The number of benzene rings is 2. The number of carbonyl (C=O) groups is 1. The number of hydrogen-bond acceptors (Lipinski definition) is 3. The molecule has 4 N–H and O–H groups in total. The lowest BCUT2D eigenvalue weighted by Gasteiger charge is -2.15. The fourth-order valence-corrected chi connectivity index (χ4v) is 2.42. The molecule has 0 aliphatic carbocycles. The van der Waals surface area contributed by atoms with Gasteiger partial charge in [-0.25, -0.2) is 0 Å². The Morgan fingerprint density at radius 1 is 1.29 bits per heavy atom. The molecule has 4 heteroatoms. The number of carbonyl (C=O) groups excluding carboxylic acids is 1. The van der Waals surface area contributed by atoms with Crippen molar-refractivity contribution in [3.8, 4) is 0 Å². The van der Waals surface area contributed by atoms with Gasteiger partial charge >= 0.3 is 0 Å². The fourth-order valence-electron chi connectivity index (χ4n) is 2.42. The molecule has 0 saturated heterocycles. The fraction of sp³-hybridized carbons (Fsp3) is 0.353. The second-order valence-electron chi connectivity index (χ2n) is 5.28. The molecule has 21 heavy (non-hydrogen) atoms. The lowest BCUT2D eigenvalue weighted by molar-refractivity contribution is 0.0944. The number of aliphatic hydroxyl groups is 1. The van der Waals surface area contributed by atoms with Crippen LogP contribution in [0.1, 0.15) is 30.1 Å². The van der Waals surface area contributed by atoms with Gasteiger partial charge in [0.2, 0.25) is 0 Å². The van der Waals surface area contributed by atoms with Crippen LogP contribution in [-0.4, -0.2) is 24.2 Å². The SMILES string of the molecule is CCC(CCO)CNC(=O)c1cc2ccccc2cc1N. The van der Waals surface area contributed by atoms with Crippen LogP contribution in [0.25, 0.3) is 10.8 Å². The number of anilines is 1. The average Bonchev–Trinajstić information content (AvgIpc) is 2.50. The molecule has 0 radical (unpaired) electrons. The summed E-state index contributed by atoms with van der Waals surface area (Å²) in [6.07, 6.45) is 1.62. The van der Waals surface area contributed by atoms with Crippen molar-refractivity contribution in [1.82, 2.24) is 5.32 Å². The second-order valence-corrected chi connectivity index (χ2v) is 5.28. The molecule has 0 saturated carbocycles. The third-order valence-electron chi connectivity index (χ3n) is 3.83. The largest absolute Gasteiger partial charge is 0.398 e. The molecule has 0 aromatic heterocycles. The van der Waals surface area contributed by atoms with E-state index in [9.17, 15) is 4.79 Å². The van der Waals surface area contributed by atoms with Gasteiger partial charge in [0.1, 0.15) is 0 Å². The number of amides is 1. The summed E-state index contributed by atoms with van der Waals surface area (Å²) in [7, 11) is 0. The molecule has 2 aromatic rings. The molecule has 1 atom stereocenters. The average molecular weight is 286 g/mol. The van der Waals surface area contributed by atoms with E-state index in [-0.39, 0.29) is 12.5 Å². The minimum Gasteiger partial charge on any atom is -0.398 e. The first kappa shape index (κ1) is 15.3. The van der Waals surface area contributed by atoms with Crippen molar-refractivity contribution >= 4 is 22.4 Å². The van der Waals surface area contributed by atoms with Gasteiger partial charge in [-0.1, -0.05) is 37.6 Å². The van der Waals surface area contributed by atoms with Crippen molar-refractivity contribution in [2.45, 2.75) is 19.8 Å². The van der Waals surface area contributed by atoms with Crippen molar-refractivity contribution in [3.63, 3.8) is 0 Å². The highest BCUT2D eigenvalue weighted by molar-refractivity contribution is 6.03. The van der Waals surface area contributed by atoms with Crippen LogP contribution in [-0.2, 0) is 0 Å². The van der Waals surface area contributed by atoms with Crippen molar-refractivity contribution in [2.24, 2.45) is 5.92 Å². The Hall–Kier alpha value is -2.07. The zero-order valence-corrected chi connectivity index (χ0v) is 12.3. The molecule has 0 heterocycles. The van der Waals surface area contributed by atoms with Crippen LogP contribution in [0.3, 0.4) is 0 Å². The van der Waals surface area contributed by atoms with E-state index in [1.807, 2.05) is 36.4 Å². The van der Waals surface area contributed by atoms with E-state index in [2.05, 4.69) is 12.2 Å². The van der Waals surface area contributed by atoms with Gasteiger partial charge in [-0.3, -0.25) is 4.79 Å². The van der Waals surface area contributed by atoms with E-state index < -0.39 is 0 Å². The van der Waals surface area contributed by atoms with Crippen molar-refractivity contribution < 1.29 is 9.90 Å². The van der Waals surface area contributed by atoms with E-state index in [1.165, 1.54) is 0 Å². The summed E-state index contributed by atoms with van der Waals surface area (Å²) < 4.78 is 0. The van der Waals surface area contributed by atoms with Gasteiger partial charge in [-0.2, -0.15) is 0 Å². The van der Waals surface area contributed by atoms with Gasteiger partial charge in [0.25, 0.3) is 5.91 Å². The minimum absolute atomic E-state index is 0.145. The maximum atomic E-state index is 12.3. The van der Waals surface area contributed by atoms with Gasteiger partial charge in [0.05, 0.1) is 5.56 Å². The van der Waals surface area contributed by atoms with Gasteiger partial charge in [-0.15, -0.1) is 0 Å². The third-order valence-corrected chi connectivity index (χ3v) is 3.83. The molecule has 0 bridgehead atoms. The van der Waals surface area contributed by atoms with Gasteiger partial charge in [0, 0.05) is 18.8 Å². The van der Waals surface area contributed by atoms with Gasteiger partial charge in [0.15, 0.2) is 0 Å². The van der Waals surface area contributed by atoms with E-state index in [0.29, 0.717) is 30.1 Å². The Morgan fingerprint density at radius 3 is 2.57 bits per heavy atom. The zero-order valence-electron chi connectivity index (χ0n) is 12.3. The first-order valence-corrected chi connectivity index (χ1v) is 7.33. The van der Waals surface area contributed by atoms with E-state index in [4.69, 9.17) is 10.8 Å². The quantitative estimate of drug-likeness (QED) is 0.714. The third kappa shape index (κ3) is 3.73. The monoisotopic (exact) mass is 286 g/mol. The summed E-state index contributed by atoms with van der Waals surface area (Å²) in [5, 5.41) is 13.9. The first-order chi connectivity index (χ1) is 10.2. The van der Waals surface area contributed by atoms with Crippen molar-refractivity contribution in [3.05, 3.63) is 42.0 Å². The lowest BCUT2D eigenvalue weighted by atomic mass is 10.0. The Balaban J connectivity index is 2.13. The Bertz CT molecular complexity index is 625. The molecule has 2 rings (SSSR count). The topological polar surface area (TPSA) is 75.3 Å².